The van der Waals surface area contributed by atoms with Crippen molar-refractivity contribution in [2.24, 2.45) is 5.73 Å². The van der Waals surface area contributed by atoms with Crippen molar-refractivity contribution in [3.8, 4) is 5.75 Å². The molecule has 1 aromatic carbocycles. The van der Waals surface area contributed by atoms with E-state index in [1.807, 2.05) is 0 Å². The molecule has 7 heteroatoms. The summed E-state index contributed by atoms with van der Waals surface area (Å²) in [5.74, 6) is -1.30. The van der Waals surface area contributed by atoms with E-state index >= 15 is 0 Å². The standard InChI is InChI=1S/C11H8F3NO3/c12-11(13,14)18-9-4-7(1-2-10(15)17)3-8(5-9)6-16/h1-6H,(H2,15,17). The molecule has 18 heavy (non-hydrogen) atoms. The molecule has 2 N–H and O–H groups in total. The van der Waals surface area contributed by atoms with Gasteiger partial charge in [0.15, 0.2) is 0 Å². The van der Waals surface area contributed by atoms with Gasteiger partial charge in [-0.05, 0) is 29.8 Å². The quantitative estimate of drug-likeness (QED) is 0.663. The maximum Gasteiger partial charge on any atom is 0.573 e. The molecule has 0 bridgehead atoms. The summed E-state index contributed by atoms with van der Waals surface area (Å²) < 4.78 is 39.7. The van der Waals surface area contributed by atoms with E-state index in [-0.39, 0.29) is 11.1 Å². The van der Waals surface area contributed by atoms with Crippen LogP contribution in [0.2, 0.25) is 0 Å². The summed E-state index contributed by atoms with van der Waals surface area (Å²) in [5, 5.41) is 0. The third kappa shape index (κ3) is 4.69. The highest BCUT2D eigenvalue weighted by atomic mass is 19.4. The minimum absolute atomic E-state index is 0.0131. The van der Waals surface area contributed by atoms with Crippen molar-refractivity contribution in [2.75, 3.05) is 0 Å². The summed E-state index contributed by atoms with van der Waals surface area (Å²) in [6.07, 6.45) is -2.35. The van der Waals surface area contributed by atoms with Crippen LogP contribution in [0.25, 0.3) is 6.08 Å². The smallest absolute Gasteiger partial charge is 0.406 e. The highest BCUT2D eigenvalue weighted by Gasteiger charge is 2.31. The number of nitrogens with two attached hydrogens (primary N) is 1. The second-order valence-corrected chi connectivity index (χ2v) is 3.24. The molecule has 0 atom stereocenters. The van der Waals surface area contributed by atoms with Crippen LogP contribution in [0, 0.1) is 0 Å². The van der Waals surface area contributed by atoms with Gasteiger partial charge in [-0.1, -0.05) is 0 Å². The van der Waals surface area contributed by atoms with Crippen molar-refractivity contribution in [3.05, 3.63) is 35.4 Å². The van der Waals surface area contributed by atoms with Gasteiger partial charge in [-0.3, -0.25) is 9.59 Å². The Morgan fingerprint density at radius 2 is 1.83 bits per heavy atom. The maximum atomic E-state index is 12.0. The molecule has 0 fully saturated rings. The van der Waals surface area contributed by atoms with E-state index in [9.17, 15) is 22.8 Å². The first-order valence-corrected chi connectivity index (χ1v) is 4.64. The van der Waals surface area contributed by atoms with Gasteiger partial charge in [0.05, 0.1) is 0 Å². The Hall–Kier alpha value is -2.31. The molecule has 0 aliphatic rings. The van der Waals surface area contributed by atoms with E-state index in [1.165, 1.54) is 12.1 Å². The lowest BCUT2D eigenvalue weighted by molar-refractivity contribution is -0.274. The molecule has 0 aliphatic heterocycles. The Bertz CT molecular complexity index is 495. The van der Waals surface area contributed by atoms with Gasteiger partial charge in [0, 0.05) is 11.6 Å². The van der Waals surface area contributed by atoms with Crippen LogP contribution in [-0.2, 0) is 4.79 Å². The van der Waals surface area contributed by atoms with Crippen molar-refractivity contribution in [1.29, 1.82) is 0 Å². The molecule has 0 heterocycles. The molecule has 0 aromatic heterocycles. The van der Waals surface area contributed by atoms with Crippen molar-refractivity contribution in [3.63, 3.8) is 0 Å². The van der Waals surface area contributed by atoms with Gasteiger partial charge in [-0.25, -0.2) is 0 Å². The molecule has 1 aromatic rings. The number of alkyl halides is 3. The molecule has 0 saturated heterocycles. The summed E-state index contributed by atoms with van der Waals surface area (Å²) in [6.45, 7) is 0. The van der Waals surface area contributed by atoms with Crippen molar-refractivity contribution < 1.29 is 27.5 Å². The monoisotopic (exact) mass is 259 g/mol. The van der Waals surface area contributed by atoms with Crippen LogP contribution in [-0.4, -0.2) is 18.6 Å². The van der Waals surface area contributed by atoms with Gasteiger partial charge < -0.3 is 10.5 Å². The zero-order valence-electron chi connectivity index (χ0n) is 8.90. The predicted octanol–water partition coefficient (Wildman–Crippen LogP) is 1.90. The summed E-state index contributed by atoms with van der Waals surface area (Å²) in [7, 11) is 0. The van der Waals surface area contributed by atoms with Crippen LogP contribution in [0.3, 0.4) is 0 Å². The van der Waals surface area contributed by atoms with E-state index in [2.05, 4.69) is 4.74 Å². The van der Waals surface area contributed by atoms with E-state index in [0.29, 0.717) is 6.29 Å². The summed E-state index contributed by atoms with van der Waals surface area (Å²) >= 11 is 0. The minimum atomic E-state index is -4.85. The van der Waals surface area contributed by atoms with Crippen LogP contribution in [0.15, 0.2) is 24.3 Å². The number of carbonyl (C=O) groups is 2. The van der Waals surface area contributed by atoms with Gasteiger partial charge in [0.25, 0.3) is 0 Å². The largest absolute Gasteiger partial charge is 0.573 e. The number of rotatable bonds is 4. The number of benzene rings is 1. The fraction of sp³-hybridized carbons (Fsp3) is 0.0909. The van der Waals surface area contributed by atoms with Gasteiger partial charge in [-0.2, -0.15) is 0 Å². The van der Waals surface area contributed by atoms with E-state index in [4.69, 9.17) is 5.73 Å². The number of primary amides is 1. The Morgan fingerprint density at radius 3 is 2.33 bits per heavy atom. The number of amides is 1. The van der Waals surface area contributed by atoms with Gasteiger partial charge in [0.1, 0.15) is 12.0 Å². The van der Waals surface area contributed by atoms with Crippen molar-refractivity contribution >= 4 is 18.3 Å². The highest BCUT2D eigenvalue weighted by molar-refractivity contribution is 5.90. The molecule has 96 valence electrons. The second kappa shape index (κ2) is 5.35. The molecule has 0 saturated carbocycles. The van der Waals surface area contributed by atoms with E-state index in [0.717, 1.165) is 18.2 Å². The molecule has 0 spiro atoms. The summed E-state index contributed by atoms with van der Waals surface area (Å²) in [5.41, 5.74) is 5.02. The Morgan fingerprint density at radius 1 is 1.22 bits per heavy atom. The minimum Gasteiger partial charge on any atom is -0.406 e. The van der Waals surface area contributed by atoms with Crippen molar-refractivity contribution in [1.82, 2.24) is 0 Å². The number of carbonyl (C=O) groups excluding carboxylic acids is 2. The molecule has 0 aliphatic carbocycles. The van der Waals surface area contributed by atoms with Crippen LogP contribution >= 0.6 is 0 Å². The number of halogens is 3. The molecular formula is C11H8F3NO3. The fourth-order valence-electron chi connectivity index (χ4n) is 1.18. The zero-order chi connectivity index (χ0) is 13.8. The topological polar surface area (TPSA) is 69.4 Å². The van der Waals surface area contributed by atoms with Crippen LogP contribution in [0.4, 0.5) is 13.2 Å². The Labute approximate surface area is 99.8 Å². The Kier molecular flexibility index (Phi) is 4.09. The fourth-order valence-corrected chi connectivity index (χ4v) is 1.18. The van der Waals surface area contributed by atoms with Gasteiger partial charge in [-0.15, -0.1) is 13.2 Å². The lowest BCUT2D eigenvalue weighted by atomic mass is 10.1. The molecule has 1 rings (SSSR count). The average molecular weight is 259 g/mol. The number of hydrogen-bond donors (Lipinski definition) is 1. The van der Waals surface area contributed by atoms with Gasteiger partial charge >= 0.3 is 6.36 Å². The number of hydrogen-bond acceptors (Lipinski definition) is 3. The molecule has 0 radical (unpaired) electrons. The maximum absolute atomic E-state index is 12.0. The molecular weight excluding hydrogens is 251 g/mol. The van der Waals surface area contributed by atoms with Crippen LogP contribution in [0.5, 0.6) is 5.75 Å². The third-order valence-corrected chi connectivity index (χ3v) is 1.76. The number of aldehydes is 1. The normalized spacial score (nSPS) is 11.5. The molecule has 0 unspecified atom stereocenters. The lowest BCUT2D eigenvalue weighted by Crippen LogP contribution is -2.17. The highest BCUT2D eigenvalue weighted by Crippen LogP contribution is 2.25. The third-order valence-electron chi connectivity index (χ3n) is 1.76. The average Bonchev–Trinajstić information content (AvgIpc) is 2.23. The lowest BCUT2D eigenvalue weighted by Gasteiger charge is -2.09. The van der Waals surface area contributed by atoms with Crippen LogP contribution < -0.4 is 10.5 Å². The first-order chi connectivity index (χ1) is 8.30. The van der Waals surface area contributed by atoms with E-state index < -0.39 is 18.0 Å². The summed E-state index contributed by atoms with van der Waals surface area (Å²) in [4.78, 5) is 21.1. The van der Waals surface area contributed by atoms with Crippen LogP contribution in [0.1, 0.15) is 15.9 Å². The first kappa shape index (κ1) is 13.8. The van der Waals surface area contributed by atoms with Crippen molar-refractivity contribution in [2.45, 2.75) is 6.36 Å². The van der Waals surface area contributed by atoms with Gasteiger partial charge in [0.2, 0.25) is 5.91 Å². The first-order valence-electron chi connectivity index (χ1n) is 4.64. The molecule has 1 amide bonds. The zero-order valence-corrected chi connectivity index (χ0v) is 8.90. The molecule has 4 nitrogen and oxygen atoms in total. The second-order valence-electron chi connectivity index (χ2n) is 3.24. The Balaban J connectivity index is 3.09. The predicted molar refractivity (Wildman–Crippen MR) is 56.7 cm³/mol. The number of ether oxygens (including phenoxy) is 1. The SMILES string of the molecule is NC(=O)C=Cc1cc(C=O)cc(OC(F)(F)F)c1. The van der Waals surface area contributed by atoms with E-state index in [1.54, 1.807) is 0 Å². The summed E-state index contributed by atoms with van der Waals surface area (Å²) in [6, 6.07) is 3.25.